The molecular formula is C17H18N10O7S3. The van der Waals surface area contributed by atoms with E-state index in [1.54, 1.807) is 7.05 Å². The Hall–Kier alpha value is -3.91. The number of tetrazole rings is 1. The summed E-state index contributed by atoms with van der Waals surface area (Å²) in [5.74, 6) is 2.08. The van der Waals surface area contributed by atoms with Gasteiger partial charge in [0.15, 0.2) is 5.71 Å². The second-order valence-electron chi connectivity index (χ2n) is 7.40. The fourth-order valence-corrected chi connectivity index (χ4v) is 6.36. The van der Waals surface area contributed by atoms with Crippen molar-refractivity contribution in [2.75, 3.05) is 24.0 Å². The maximum Gasteiger partial charge on any atom is 0.352 e. The number of β-lactam (4-membered cyclic amide) rings is 1. The third kappa shape index (κ3) is 5.15. The molecule has 196 valence electrons. The van der Waals surface area contributed by atoms with Crippen molar-refractivity contribution >= 4 is 64.3 Å². The molecular weight excluding hydrogens is 552 g/mol. The minimum atomic E-state index is -1.34. The van der Waals surface area contributed by atoms with Crippen molar-refractivity contribution in [1.82, 2.24) is 35.1 Å². The molecule has 0 saturated carbocycles. The van der Waals surface area contributed by atoms with E-state index in [0.29, 0.717) is 10.7 Å². The molecule has 2 aliphatic rings. The van der Waals surface area contributed by atoms with E-state index in [-0.39, 0.29) is 27.7 Å². The fraction of sp³-hybridized carbons (Fsp3) is 0.353. The van der Waals surface area contributed by atoms with E-state index in [0.717, 1.165) is 20.9 Å². The van der Waals surface area contributed by atoms with Crippen molar-refractivity contribution < 1.29 is 34.2 Å². The number of nitrogens with two attached hydrogens (primary N) is 1. The Morgan fingerprint density at radius 2 is 2.16 bits per heavy atom. The summed E-state index contributed by atoms with van der Waals surface area (Å²) in [5.41, 5.74) is -0.165. The molecule has 0 aliphatic carbocycles. The number of rotatable bonds is 10. The van der Waals surface area contributed by atoms with Gasteiger partial charge in [0.25, 0.3) is 11.8 Å². The summed E-state index contributed by atoms with van der Waals surface area (Å²) in [5, 5.41) is 44.6. The van der Waals surface area contributed by atoms with Crippen LogP contribution in [0.2, 0.25) is 0 Å². The van der Waals surface area contributed by atoms with Crippen LogP contribution in [0.4, 0.5) is 0 Å². The molecule has 4 rings (SSSR count). The molecule has 4 heterocycles. The summed E-state index contributed by atoms with van der Waals surface area (Å²) in [6.45, 7) is -0.841. The Balaban J connectivity index is 1.52. The minimum Gasteiger partial charge on any atom is -0.479 e. The Bertz CT molecular complexity index is 1400. The number of hydrogen-bond acceptors (Lipinski definition) is 14. The van der Waals surface area contributed by atoms with Crippen LogP contribution in [-0.2, 0) is 31.1 Å². The molecule has 2 atom stereocenters. The lowest BCUT2D eigenvalue weighted by atomic mass is 10.0. The van der Waals surface area contributed by atoms with Crippen LogP contribution in [-0.4, -0.2) is 99.0 Å². The first-order chi connectivity index (χ1) is 17.6. The number of carboxylic acids is 2. The second kappa shape index (κ2) is 10.6. The number of carboxylic acid groups (broad SMARTS) is 2. The van der Waals surface area contributed by atoms with E-state index in [2.05, 4.69) is 26.0 Å². The first-order valence-corrected chi connectivity index (χ1v) is 13.0. The van der Waals surface area contributed by atoms with Gasteiger partial charge in [0.05, 0.1) is 0 Å². The molecule has 20 heteroatoms. The standard InChI is InChI=1S/C17H18N10O7S3/c1-25-17(21-23-24-25)37-4-6-3-35-14-10(13(31)26(14)11(6)15(32)33)20-12(30)9(22-34-2-8(28)29)7-5-36-16(18)27(7)19/h5,10,14,18H,2-4,19H2,1H3,(H,20,30)(H,28,29)(H,32,33)/t10-,14+/m1/s1. The van der Waals surface area contributed by atoms with Crippen LogP contribution in [0.25, 0.3) is 0 Å². The molecule has 1 saturated heterocycles. The predicted molar refractivity (Wildman–Crippen MR) is 128 cm³/mol. The third-order valence-corrected chi connectivity index (χ3v) is 8.25. The highest BCUT2D eigenvalue weighted by molar-refractivity contribution is 8.01. The Labute approximate surface area is 218 Å². The van der Waals surface area contributed by atoms with Gasteiger partial charge in [-0.05, 0) is 16.0 Å². The van der Waals surface area contributed by atoms with Crippen molar-refractivity contribution in [3.63, 3.8) is 0 Å². The number of fused-ring (bicyclic) bond motifs is 1. The van der Waals surface area contributed by atoms with Gasteiger partial charge in [0, 0.05) is 23.9 Å². The van der Waals surface area contributed by atoms with E-state index in [4.69, 9.17) is 21.2 Å². The second-order valence-corrected chi connectivity index (χ2v) is 10.3. The quantitative estimate of drug-likeness (QED) is 0.0658. The summed E-state index contributed by atoms with van der Waals surface area (Å²) in [7, 11) is 1.64. The highest BCUT2D eigenvalue weighted by atomic mass is 32.2. The van der Waals surface area contributed by atoms with Gasteiger partial charge in [-0.3, -0.25) is 19.9 Å². The van der Waals surface area contributed by atoms with Crippen molar-refractivity contribution in [3.8, 4) is 0 Å². The average molecular weight is 571 g/mol. The number of aryl methyl sites for hydroxylation is 1. The van der Waals surface area contributed by atoms with Gasteiger partial charge >= 0.3 is 11.9 Å². The molecule has 0 unspecified atom stereocenters. The zero-order chi connectivity index (χ0) is 26.9. The third-order valence-electron chi connectivity index (χ3n) is 5.06. The van der Waals surface area contributed by atoms with E-state index < -0.39 is 47.5 Å². The van der Waals surface area contributed by atoms with Crippen molar-refractivity contribution in [1.29, 1.82) is 5.41 Å². The molecule has 0 spiro atoms. The molecule has 2 aromatic heterocycles. The normalized spacial score (nSPS) is 19.3. The molecule has 2 aromatic rings. The van der Waals surface area contributed by atoms with Gasteiger partial charge in [-0.15, -0.1) is 28.2 Å². The number of nitrogens with zero attached hydrogens (tertiary/aromatic N) is 7. The predicted octanol–water partition coefficient (Wildman–Crippen LogP) is -2.40. The van der Waals surface area contributed by atoms with Gasteiger partial charge in [0.2, 0.25) is 16.6 Å². The molecule has 2 amide bonds. The van der Waals surface area contributed by atoms with E-state index >= 15 is 0 Å². The molecule has 6 N–H and O–H groups in total. The topological polar surface area (TPSA) is 244 Å². The number of nitrogens with one attached hydrogen (secondary N) is 2. The Morgan fingerprint density at radius 1 is 1.41 bits per heavy atom. The van der Waals surface area contributed by atoms with Gasteiger partial charge in [-0.25, -0.2) is 18.9 Å². The van der Waals surface area contributed by atoms with Gasteiger partial charge in [0.1, 0.15) is 22.8 Å². The monoisotopic (exact) mass is 570 g/mol. The number of carbonyl (C=O) groups excluding carboxylic acids is 2. The number of thiazole rings is 1. The molecule has 0 radical (unpaired) electrons. The summed E-state index contributed by atoms with van der Waals surface area (Å²) < 4.78 is 2.28. The van der Waals surface area contributed by atoms with Crippen LogP contribution in [0.5, 0.6) is 0 Å². The maximum absolute atomic E-state index is 13.0. The highest BCUT2D eigenvalue weighted by Crippen LogP contribution is 2.41. The molecule has 1 fully saturated rings. The first-order valence-electron chi connectivity index (χ1n) is 10.1. The summed E-state index contributed by atoms with van der Waals surface area (Å²) in [6.07, 6.45) is 0. The largest absolute Gasteiger partial charge is 0.479 e. The first kappa shape index (κ1) is 26.2. The highest BCUT2D eigenvalue weighted by Gasteiger charge is 2.54. The van der Waals surface area contributed by atoms with Crippen LogP contribution >= 0.6 is 34.9 Å². The molecule has 2 aliphatic heterocycles. The number of nitrogen functional groups attached to an aromatic ring is 1. The fourth-order valence-electron chi connectivity index (χ4n) is 3.36. The number of amides is 2. The van der Waals surface area contributed by atoms with E-state index in [1.807, 2.05) is 0 Å². The number of hydrogen-bond donors (Lipinski definition) is 5. The van der Waals surface area contributed by atoms with Gasteiger partial charge < -0.3 is 26.2 Å². The van der Waals surface area contributed by atoms with E-state index in [1.165, 1.54) is 33.6 Å². The Morgan fingerprint density at radius 3 is 2.76 bits per heavy atom. The average Bonchev–Trinajstić information content (AvgIpc) is 3.42. The van der Waals surface area contributed by atoms with Crippen LogP contribution in [0, 0.1) is 5.41 Å². The minimum absolute atomic E-state index is 0.0403. The molecule has 17 nitrogen and oxygen atoms in total. The smallest absolute Gasteiger partial charge is 0.352 e. The Kier molecular flexibility index (Phi) is 7.50. The number of thioether (sulfide) groups is 2. The van der Waals surface area contributed by atoms with Gasteiger partial charge in [-0.2, -0.15) is 0 Å². The maximum atomic E-state index is 13.0. The zero-order valence-corrected chi connectivity index (χ0v) is 21.2. The van der Waals surface area contributed by atoms with Crippen LogP contribution < -0.4 is 16.0 Å². The lowest BCUT2D eigenvalue weighted by Gasteiger charge is -2.49. The molecule has 0 aromatic carbocycles. The number of aliphatic carboxylic acids is 2. The van der Waals surface area contributed by atoms with Crippen molar-refractivity contribution in [2.45, 2.75) is 16.6 Å². The lowest BCUT2D eigenvalue weighted by Crippen LogP contribution is -2.71. The summed E-state index contributed by atoms with van der Waals surface area (Å²) in [4.78, 5) is 54.5. The number of aromatic nitrogens is 5. The van der Waals surface area contributed by atoms with Crippen LogP contribution in [0.3, 0.4) is 0 Å². The molecule has 0 bridgehead atoms. The van der Waals surface area contributed by atoms with Crippen LogP contribution in [0.15, 0.2) is 27.0 Å². The molecule has 37 heavy (non-hydrogen) atoms. The lowest BCUT2D eigenvalue weighted by molar-refractivity contribution is -0.150. The number of oxime groups is 1. The van der Waals surface area contributed by atoms with Gasteiger partial charge in [-0.1, -0.05) is 16.9 Å². The van der Waals surface area contributed by atoms with Crippen molar-refractivity contribution in [2.24, 2.45) is 12.2 Å². The van der Waals surface area contributed by atoms with E-state index in [9.17, 15) is 24.3 Å². The van der Waals surface area contributed by atoms with Crippen molar-refractivity contribution in [3.05, 3.63) is 27.1 Å². The summed E-state index contributed by atoms with van der Waals surface area (Å²) >= 11 is 3.37. The SMILES string of the molecule is Cn1nnnc1SCC1=C(C(=O)O)N2C(=O)[C@@H](NC(=O)C(=NOCC(=O)O)c3csc(=N)n3N)[C@@H]2SC1. The summed E-state index contributed by atoms with van der Waals surface area (Å²) in [6, 6.07) is -1.09. The van der Waals surface area contributed by atoms with Crippen LogP contribution in [0.1, 0.15) is 5.69 Å². The zero-order valence-electron chi connectivity index (χ0n) is 18.7. The number of carbonyl (C=O) groups is 4.